The molecular formula is C20H25N3O2. The van der Waals surface area contributed by atoms with Crippen LogP contribution in [0.1, 0.15) is 27.4 Å². The molecule has 1 aliphatic rings. The fourth-order valence-corrected chi connectivity index (χ4v) is 3.45. The van der Waals surface area contributed by atoms with E-state index in [1.165, 1.54) is 11.1 Å². The van der Waals surface area contributed by atoms with Crippen LogP contribution in [0.2, 0.25) is 0 Å². The lowest BCUT2D eigenvalue weighted by molar-refractivity contribution is 0.0782. The molecule has 5 heteroatoms. The molecule has 0 aliphatic carbocycles. The molecule has 0 bridgehead atoms. The SMILES string of the molecule is COc1cc(C(=O)N2CC(c3ccc(C)cc3)C(N(C)C)C2)ccn1. The maximum Gasteiger partial charge on any atom is 0.254 e. The normalized spacial score (nSPS) is 20.1. The maximum absolute atomic E-state index is 12.9. The molecule has 3 rings (SSSR count). The first kappa shape index (κ1) is 17.4. The lowest BCUT2D eigenvalue weighted by atomic mass is 9.93. The van der Waals surface area contributed by atoms with Gasteiger partial charge < -0.3 is 14.5 Å². The molecular weight excluding hydrogens is 314 g/mol. The highest BCUT2D eigenvalue weighted by atomic mass is 16.5. The van der Waals surface area contributed by atoms with Crippen LogP contribution in [0, 0.1) is 6.92 Å². The van der Waals surface area contributed by atoms with Crippen LogP contribution in [-0.2, 0) is 0 Å². The van der Waals surface area contributed by atoms with Crippen molar-refractivity contribution >= 4 is 5.91 Å². The summed E-state index contributed by atoms with van der Waals surface area (Å²) >= 11 is 0. The Bertz CT molecular complexity index is 743. The Balaban J connectivity index is 1.84. The van der Waals surface area contributed by atoms with E-state index >= 15 is 0 Å². The standard InChI is InChI=1S/C20H25N3O2/c1-14-5-7-15(8-6-14)17-12-23(13-18(17)22(2)3)20(24)16-9-10-21-19(11-16)25-4/h5-11,17-18H,12-13H2,1-4H3. The van der Waals surface area contributed by atoms with Gasteiger partial charge in [0.2, 0.25) is 5.88 Å². The third kappa shape index (κ3) is 3.66. The van der Waals surface area contributed by atoms with Crippen LogP contribution in [0.25, 0.3) is 0 Å². The molecule has 2 unspecified atom stereocenters. The Morgan fingerprint density at radius 3 is 2.56 bits per heavy atom. The number of aromatic nitrogens is 1. The number of likely N-dealkylation sites (N-methyl/N-ethyl adjacent to an activating group) is 1. The zero-order chi connectivity index (χ0) is 18.0. The zero-order valence-electron chi connectivity index (χ0n) is 15.3. The lowest BCUT2D eigenvalue weighted by Gasteiger charge is -2.25. The highest BCUT2D eigenvalue weighted by Gasteiger charge is 2.37. The largest absolute Gasteiger partial charge is 0.481 e. The highest BCUT2D eigenvalue weighted by molar-refractivity contribution is 5.94. The minimum absolute atomic E-state index is 0.0298. The summed E-state index contributed by atoms with van der Waals surface area (Å²) in [6.45, 7) is 3.53. The number of aryl methyl sites for hydroxylation is 1. The van der Waals surface area contributed by atoms with Crippen LogP contribution in [0.5, 0.6) is 5.88 Å². The van der Waals surface area contributed by atoms with Gasteiger partial charge in [-0.15, -0.1) is 0 Å². The molecule has 1 fully saturated rings. The summed E-state index contributed by atoms with van der Waals surface area (Å²) in [5, 5.41) is 0. The smallest absolute Gasteiger partial charge is 0.254 e. The number of pyridine rings is 1. The molecule has 1 aliphatic heterocycles. The molecule has 25 heavy (non-hydrogen) atoms. The summed E-state index contributed by atoms with van der Waals surface area (Å²) in [7, 11) is 5.71. The van der Waals surface area contributed by atoms with Crippen molar-refractivity contribution in [3.63, 3.8) is 0 Å². The molecule has 1 aromatic heterocycles. The number of benzene rings is 1. The summed E-state index contributed by atoms with van der Waals surface area (Å²) in [5.74, 6) is 0.801. The van der Waals surface area contributed by atoms with Gasteiger partial charge in [0, 0.05) is 42.9 Å². The molecule has 1 aromatic carbocycles. The van der Waals surface area contributed by atoms with Crippen molar-refractivity contribution in [2.24, 2.45) is 0 Å². The van der Waals surface area contributed by atoms with Crippen LogP contribution >= 0.6 is 0 Å². The van der Waals surface area contributed by atoms with Gasteiger partial charge in [-0.2, -0.15) is 0 Å². The second kappa shape index (κ2) is 7.23. The van der Waals surface area contributed by atoms with E-state index < -0.39 is 0 Å². The Labute approximate surface area is 149 Å². The van der Waals surface area contributed by atoms with Crippen molar-refractivity contribution < 1.29 is 9.53 Å². The van der Waals surface area contributed by atoms with Gasteiger partial charge in [0.15, 0.2) is 0 Å². The number of likely N-dealkylation sites (tertiary alicyclic amines) is 1. The molecule has 0 radical (unpaired) electrons. The van der Waals surface area contributed by atoms with E-state index in [4.69, 9.17) is 4.74 Å². The van der Waals surface area contributed by atoms with Crippen molar-refractivity contribution in [3.8, 4) is 5.88 Å². The van der Waals surface area contributed by atoms with Crippen LogP contribution in [0.3, 0.4) is 0 Å². The second-order valence-electron chi connectivity index (χ2n) is 6.85. The first-order chi connectivity index (χ1) is 12.0. The number of amides is 1. The van der Waals surface area contributed by atoms with Crippen LogP contribution in [0.15, 0.2) is 42.6 Å². The molecule has 1 saturated heterocycles. The lowest BCUT2D eigenvalue weighted by Crippen LogP contribution is -2.35. The van der Waals surface area contributed by atoms with Gasteiger partial charge in [-0.3, -0.25) is 4.79 Å². The summed E-state index contributed by atoms with van der Waals surface area (Å²) < 4.78 is 5.14. The average molecular weight is 339 g/mol. The number of nitrogens with zero attached hydrogens (tertiary/aromatic N) is 3. The minimum atomic E-state index is 0.0298. The van der Waals surface area contributed by atoms with E-state index in [0.29, 0.717) is 23.4 Å². The molecule has 0 spiro atoms. The predicted molar refractivity (Wildman–Crippen MR) is 98.1 cm³/mol. The molecule has 2 heterocycles. The van der Waals surface area contributed by atoms with Gasteiger partial charge in [0.05, 0.1) is 7.11 Å². The summed E-state index contributed by atoms with van der Waals surface area (Å²) in [4.78, 5) is 21.2. The van der Waals surface area contributed by atoms with Gasteiger partial charge in [0.25, 0.3) is 5.91 Å². The summed E-state index contributed by atoms with van der Waals surface area (Å²) in [6.07, 6.45) is 1.61. The van der Waals surface area contributed by atoms with Gasteiger partial charge in [-0.1, -0.05) is 29.8 Å². The van der Waals surface area contributed by atoms with Crippen LogP contribution < -0.4 is 4.74 Å². The Hall–Kier alpha value is -2.40. The van der Waals surface area contributed by atoms with Crippen LogP contribution in [0.4, 0.5) is 0 Å². The van der Waals surface area contributed by atoms with Crippen molar-refractivity contribution in [1.29, 1.82) is 0 Å². The number of carbonyl (C=O) groups is 1. The average Bonchev–Trinajstić information content (AvgIpc) is 3.07. The second-order valence-corrected chi connectivity index (χ2v) is 6.85. The summed E-state index contributed by atoms with van der Waals surface area (Å²) in [6, 6.07) is 12.4. The van der Waals surface area contributed by atoms with Crippen molar-refractivity contribution in [3.05, 3.63) is 59.3 Å². The monoisotopic (exact) mass is 339 g/mol. The molecule has 5 nitrogen and oxygen atoms in total. The van der Waals surface area contributed by atoms with E-state index in [2.05, 4.69) is 55.2 Å². The predicted octanol–water partition coefficient (Wildman–Crippen LogP) is 2.57. The van der Waals surface area contributed by atoms with Crippen molar-refractivity contribution in [2.75, 3.05) is 34.3 Å². The third-order valence-electron chi connectivity index (χ3n) is 4.94. The van der Waals surface area contributed by atoms with Gasteiger partial charge >= 0.3 is 0 Å². The highest BCUT2D eigenvalue weighted by Crippen LogP contribution is 2.31. The molecule has 2 atom stereocenters. The topological polar surface area (TPSA) is 45.7 Å². The molecule has 132 valence electrons. The van der Waals surface area contributed by atoms with Gasteiger partial charge in [0.1, 0.15) is 0 Å². The van der Waals surface area contributed by atoms with E-state index in [1.807, 2.05) is 4.90 Å². The number of rotatable bonds is 4. The Morgan fingerprint density at radius 1 is 1.20 bits per heavy atom. The number of carbonyl (C=O) groups excluding carboxylic acids is 1. The van der Waals surface area contributed by atoms with Crippen molar-refractivity contribution in [2.45, 2.75) is 18.9 Å². The molecule has 0 saturated carbocycles. The maximum atomic E-state index is 12.9. The van der Waals surface area contributed by atoms with Crippen molar-refractivity contribution in [1.82, 2.24) is 14.8 Å². The van der Waals surface area contributed by atoms with E-state index in [-0.39, 0.29) is 5.91 Å². The number of hydrogen-bond donors (Lipinski definition) is 0. The van der Waals surface area contributed by atoms with E-state index in [0.717, 1.165) is 13.1 Å². The number of hydrogen-bond acceptors (Lipinski definition) is 4. The molecule has 1 amide bonds. The van der Waals surface area contributed by atoms with E-state index in [9.17, 15) is 4.79 Å². The Kier molecular flexibility index (Phi) is 5.04. The number of methoxy groups -OCH3 is 1. The van der Waals surface area contributed by atoms with Crippen LogP contribution in [-0.4, -0.2) is 61.0 Å². The zero-order valence-corrected chi connectivity index (χ0v) is 15.3. The Morgan fingerprint density at radius 2 is 1.92 bits per heavy atom. The quantitative estimate of drug-likeness (QED) is 0.859. The fourth-order valence-electron chi connectivity index (χ4n) is 3.45. The molecule has 0 N–H and O–H groups in total. The van der Waals surface area contributed by atoms with Gasteiger partial charge in [-0.25, -0.2) is 4.98 Å². The number of ether oxygens (including phenoxy) is 1. The third-order valence-corrected chi connectivity index (χ3v) is 4.94. The van der Waals surface area contributed by atoms with E-state index in [1.54, 1.807) is 25.4 Å². The first-order valence-electron chi connectivity index (χ1n) is 8.52. The molecule has 2 aromatic rings. The fraction of sp³-hybridized carbons (Fsp3) is 0.400. The summed E-state index contributed by atoms with van der Waals surface area (Å²) in [5.41, 5.74) is 3.15. The minimum Gasteiger partial charge on any atom is -0.481 e. The first-order valence-corrected chi connectivity index (χ1v) is 8.52. The van der Waals surface area contributed by atoms with Gasteiger partial charge in [-0.05, 0) is 32.6 Å².